The third-order valence-corrected chi connectivity index (χ3v) is 3.50. The zero-order chi connectivity index (χ0) is 29.1. The molecule has 10 nitrogen and oxygen atoms in total. The van der Waals surface area contributed by atoms with Gasteiger partial charge in [-0.25, -0.2) is 19.2 Å². The highest BCUT2D eigenvalue weighted by Crippen LogP contribution is 2.03. The molecule has 0 aromatic rings. The van der Waals surface area contributed by atoms with Crippen LogP contribution in [0.4, 0.5) is 0 Å². The van der Waals surface area contributed by atoms with E-state index in [1.165, 1.54) is 13.8 Å². The summed E-state index contributed by atoms with van der Waals surface area (Å²) in [6.07, 6.45) is 4.94. The van der Waals surface area contributed by atoms with Crippen LogP contribution in [0.25, 0.3) is 0 Å². The number of aliphatic hydroxyl groups is 2. The van der Waals surface area contributed by atoms with Gasteiger partial charge in [0.2, 0.25) is 0 Å². The lowest BCUT2D eigenvalue weighted by Gasteiger charge is -2.05. The smallest absolute Gasteiger partial charge is 0.333 e. The van der Waals surface area contributed by atoms with Gasteiger partial charge in [-0.2, -0.15) is 0 Å². The quantitative estimate of drug-likeness (QED) is 0.151. The Morgan fingerprint density at radius 2 is 0.778 bits per heavy atom. The van der Waals surface area contributed by atoms with Crippen molar-refractivity contribution in [1.82, 2.24) is 0 Å². The number of ether oxygens (including phenoxy) is 2. The molecule has 0 spiro atoms. The van der Waals surface area contributed by atoms with E-state index in [2.05, 4.69) is 26.3 Å². The van der Waals surface area contributed by atoms with Crippen molar-refractivity contribution in [3.8, 4) is 0 Å². The van der Waals surface area contributed by atoms with Gasteiger partial charge in [0.05, 0.1) is 13.2 Å². The maximum Gasteiger partial charge on any atom is 0.333 e. The van der Waals surface area contributed by atoms with E-state index < -0.39 is 11.9 Å². The van der Waals surface area contributed by atoms with E-state index in [0.29, 0.717) is 24.4 Å². The molecule has 0 aliphatic heterocycles. The van der Waals surface area contributed by atoms with Gasteiger partial charge in [0.15, 0.2) is 0 Å². The minimum Gasteiger partial charge on any atom is -0.478 e. The van der Waals surface area contributed by atoms with Crippen LogP contribution in [-0.4, -0.2) is 70.7 Å². The summed E-state index contributed by atoms with van der Waals surface area (Å²) in [4.78, 5) is 41.3. The largest absolute Gasteiger partial charge is 0.478 e. The maximum absolute atomic E-state index is 11.0. The number of unbranched alkanes of at least 4 members (excludes halogenated alkanes) is 4. The number of aliphatic carboxylic acids is 2. The summed E-state index contributed by atoms with van der Waals surface area (Å²) in [6, 6.07) is 0. The van der Waals surface area contributed by atoms with E-state index in [9.17, 15) is 19.2 Å². The van der Waals surface area contributed by atoms with Crippen molar-refractivity contribution < 1.29 is 49.1 Å². The predicted octanol–water partition coefficient (Wildman–Crippen LogP) is 3.83. The van der Waals surface area contributed by atoms with Crippen molar-refractivity contribution in [3.05, 3.63) is 48.6 Å². The summed E-state index contributed by atoms with van der Waals surface area (Å²) in [7, 11) is 0. The van der Waals surface area contributed by atoms with Crippen molar-refractivity contribution in [3.63, 3.8) is 0 Å². The van der Waals surface area contributed by atoms with Crippen LogP contribution in [0.15, 0.2) is 48.6 Å². The molecule has 36 heavy (non-hydrogen) atoms. The van der Waals surface area contributed by atoms with E-state index >= 15 is 0 Å². The standard InChI is InChI=1S/C14H22O4.2C4H6O2.C4H10O2/c1-11(2)13(15)17-9-7-5-6-8-10-18-14(16)12(3)4;2*1-3(2)4(5)6;5-3-1-2-4-6/h1,3,5-10H2,2,4H3;2*1H2,2H3,(H,5,6);5-6H,1-4H2. The van der Waals surface area contributed by atoms with Crippen LogP contribution in [0.1, 0.15) is 66.2 Å². The maximum atomic E-state index is 11.0. The molecule has 0 unspecified atom stereocenters. The van der Waals surface area contributed by atoms with E-state index in [1.54, 1.807) is 13.8 Å². The van der Waals surface area contributed by atoms with Crippen LogP contribution in [0.2, 0.25) is 0 Å². The number of hydrogen-bond donors (Lipinski definition) is 4. The van der Waals surface area contributed by atoms with E-state index in [1.807, 2.05) is 0 Å². The van der Waals surface area contributed by atoms with Gasteiger partial charge >= 0.3 is 23.9 Å². The third-order valence-electron chi connectivity index (χ3n) is 3.50. The average Bonchev–Trinajstić information content (AvgIpc) is 2.79. The minimum absolute atomic E-state index is 0.176. The fourth-order valence-corrected chi connectivity index (χ4v) is 1.36. The Morgan fingerprint density at radius 3 is 0.944 bits per heavy atom. The molecule has 0 rings (SSSR count). The zero-order valence-electron chi connectivity index (χ0n) is 22.1. The Bertz CT molecular complexity index is 624. The minimum atomic E-state index is -0.935. The molecule has 0 saturated carbocycles. The number of carbonyl (C=O) groups excluding carboxylic acids is 2. The summed E-state index contributed by atoms with van der Waals surface area (Å²) in [5.74, 6) is -2.55. The predicted molar refractivity (Wildman–Crippen MR) is 138 cm³/mol. The highest BCUT2D eigenvalue weighted by Gasteiger charge is 2.03. The van der Waals surface area contributed by atoms with Gasteiger partial charge in [-0.15, -0.1) is 0 Å². The summed E-state index contributed by atoms with van der Waals surface area (Å²) in [6.45, 7) is 20.7. The molecule has 0 aromatic heterocycles. The Labute approximate surface area is 214 Å². The Hall–Kier alpha value is -3.24. The molecule has 0 atom stereocenters. The molecule has 0 fully saturated rings. The van der Waals surface area contributed by atoms with Crippen LogP contribution < -0.4 is 0 Å². The second kappa shape index (κ2) is 28.0. The van der Waals surface area contributed by atoms with Crippen molar-refractivity contribution in [2.45, 2.75) is 66.2 Å². The van der Waals surface area contributed by atoms with Crippen LogP contribution in [0.3, 0.4) is 0 Å². The topological polar surface area (TPSA) is 168 Å². The number of aliphatic hydroxyl groups excluding tert-OH is 2. The van der Waals surface area contributed by atoms with Gasteiger partial charge in [-0.1, -0.05) is 26.3 Å². The molecule has 0 saturated heterocycles. The van der Waals surface area contributed by atoms with Crippen LogP contribution >= 0.6 is 0 Å². The van der Waals surface area contributed by atoms with E-state index in [4.69, 9.17) is 29.9 Å². The first-order chi connectivity index (χ1) is 16.6. The van der Waals surface area contributed by atoms with Gasteiger partial charge in [-0.05, 0) is 66.2 Å². The SMILES string of the molecule is C=C(C)C(=O)O.C=C(C)C(=O)O.C=C(C)C(=O)OCCCCCCOC(=O)C(=C)C.OCCCCO. The van der Waals surface area contributed by atoms with Crippen LogP contribution in [0, 0.1) is 0 Å². The number of carboxylic acids is 2. The second-order valence-electron chi connectivity index (χ2n) is 7.57. The molecule has 0 aliphatic rings. The van der Waals surface area contributed by atoms with Gasteiger partial charge < -0.3 is 29.9 Å². The van der Waals surface area contributed by atoms with Crippen LogP contribution in [-0.2, 0) is 28.7 Å². The van der Waals surface area contributed by atoms with Gasteiger partial charge in [0, 0.05) is 35.5 Å². The number of esters is 2. The van der Waals surface area contributed by atoms with Crippen molar-refractivity contribution in [2.24, 2.45) is 0 Å². The monoisotopic (exact) mass is 516 g/mol. The number of rotatable bonds is 14. The highest BCUT2D eigenvalue weighted by atomic mass is 16.5. The molecular weight excluding hydrogens is 472 g/mol. The third kappa shape index (κ3) is 38.0. The van der Waals surface area contributed by atoms with Crippen molar-refractivity contribution in [1.29, 1.82) is 0 Å². The normalized spacial score (nSPS) is 8.83. The lowest BCUT2D eigenvalue weighted by molar-refractivity contribution is -0.140. The van der Waals surface area contributed by atoms with E-state index in [-0.39, 0.29) is 36.3 Å². The molecule has 0 aliphatic carbocycles. The van der Waals surface area contributed by atoms with Crippen molar-refractivity contribution in [2.75, 3.05) is 26.4 Å². The Balaban J connectivity index is -0.000000231. The van der Waals surface area contributed by atoms with Crippen LogP contribution in [0.5, 0.6) is 0 Å². The first-order valence-corrected chi connectivity index (χ1v) is 11.3. The lowest BCUT2D eigenvalue weighted by atomic mass is 10.2. The Kier molecular flexibility index (Phi) is 31.1. The summed E-state index contributed by atoms with van der Waals surface area (Å²) < 4.78 is 9.89. The first-order valence-electron chi connectivity index (χ1n) is 11.3. The van der Waals surface area contributed by atoms with Gasteiger partial charge in [0.1, 0.15) is 0 Å². The lowest BCUT2D eigenvalue weighted by Crippen LogP contribution is -2.07. The highest BCUT2D eigenvalue weighted by molar-refractivity contribution is 5.87. The van der Waals surface area contributed by atoms with E-state index in [0.717, 1.165) is 38.5 Å². The Morgan fingerprint density at radius 1 is 0.528 bits per heavy atom. The molecule has 208 valence electrons. The molecular formula is C26H44O10. The molecule has 0 aromatic carbocycles. The second-order valence-corrected chi connectivity index (χ2v) is 7.57. The molecule has 10 heteroatoms. The molecule has 0 heterocycles. The molecule has 4 N–H and O–H groups in total. The zero-order valence-corrected chi connectivity index (χ0v) is 22.1. The number of carbonyl (C=O) groups is 4. The summed E-state index contributed by atoms with van der Waals surface area (Å²) >= 11 is 0. The first kappa shape index (κ1) is 40.0. The molecule has 0 amide bonds. The summed E-state index contributed by atoms with van der Waals surface area (Å²) in [5, 5.41) is 32.0. The van der Waals surface area contributed by atoms with Gasteiger partial charge in [-0.3, -0.25) is 0 Å². The fraction of sp³-hybridized carbons (Fsp3) is 0.538. The average molecular weight is 517 g/mol. The van der Waals surface area contributed by atoms with Crippen molar-refractivity contribution >= 4 is 23.9 Å². The van der Waals surface area contributed by atoms with Gasteiger partial charge in [0.25, 0.3) is 0 Å². The fourth-order valence-electron chi connectivity index (χ4n) is 1.36. The number of hydrogen-bond acceptors (Lipinski definition) is 8. The molecule has 0 bridgehead atoms. The number of carboxylic acid groups (broad SMARTS) is 2. The molecule has 0 radical (unpaired) electrons. The summed E-state index contributed by atoms with van der Waals surface area (Å²) in [5.41, 5.74) is 1.19.